The number of pyridine rings is 1. The fourth-order valence-corrected chi connectivity index (χ4v) is 2.73. The van der Waals surface area contributed by atoms with Gasteiger partial charge in [0.2, 0.25) is 5.91 Å². The van der Waals surface area contributed by atoms with Gasteiger partial charge in [-0.05, 0) is 48.9 Å². The predicted molar refractivity (Wildman–Crippen MR) is 78.8 cm³/mol. The summed E-state index contributed by atoms with van der Waals surface area (Å²) in [6.45, 7) is 3.57. The number of H-pyrrole nitrogens is 1. The van der Waals surface area contributed by atoms with Crippen LogP contribution in [0, 0.1) is 6.92 Å². The largest absolute Gasteiger partial charge is 0.342 e. The number of nitrogens with one attached hydrogen (secondary N) is 1. The fourth-order valence-electron chi connectivity index (χ4n) is 2.73. The molecule has 1 fully saturated rings. The molecule has 1 aromatic carbocycles. The quantitative estimate of drug-likeness (QED) is 0.907. The Kier molecular flexibility index (Phi) is 3.30. The topological polar surface area (TPSA) is 53.2 Å². The molecule has 0 aliphatic carbocycles. The molecular formula is C16H18N2O2. The van der Waals surface area contributed by atoms with Gasteiger partial charge in [-0.2, -0.15) is 0 Å². The first kappa shape index (κ1) is 12.9. The summed E-state index contributed by atoms with van der Waals surface area (Å²) in [6, 6.07) is 7.66. The van der Waals surface area contributed by atoms with Crippen LogP contribution in [0.15, 0.2) is 29.1 Å². The Balaban J connectivity index is 1.87. The molecule has 1 aromatic heterocycles. The zero-order valence-electron chi connectivity index (χ0n) is 11.6. The lowest BCUT2D eigenvalue weighted by atomic mass is 10.1. The molecule has 0 bridgehead atoms. The molecule has 0 spiro atoms. The van der Waals surface area contributed by atoms with Crippen LogP contribution in [0.5, 0.6) is 0 Å². The van der Waals surface area contributed by atoms with E-state index >= 15 is 0 Å². The van der Waals surface area contributed by atoms with Gasteiger partial charge in [0.25, 0.3) is 5.56 Å². The van der Waals surface area contributed by atoms with Crippen molar-refractivity contribution >= 4 is 16.8 Å². The van der Waals surface area contributed by atoms with Crippen LogP contribution in [0.25, 0.3) is 10.9 Å². The lowest BCUT2D eigenvalue weighted by Crippen LogP contribution is -2.29. The van der Waals surface area contributed by atoms with E-state index < -0.39 is 0 Å². The predicted octanol–water partition coefficient (Wildman–Crippen LogP) is 2.00. The number of hydrogen-bond acceptors (Lipinski definition) is 2. The summed E-state index contributed by atoms with van der Waals surface area (Å²) < 4.78 is 0. The molecule has 0 radical (unpaired) electrons. The van der Waals surface area contributed by atoms with Crippen LogP contribution in [0.4, 0.5) is 0 Å². The van der Waals surface area contributed by atoms with E-state index in [2.05, 4.69) is 4.98 Å². The Morgan fingerprint density at radius 1 is 1.25 bits per heavy atom. The number of likely N-dealkylation sites (tertiary alicyclic amines) is 1. The second kappa shape index (κ2) is 5.12. The lowest BCUT2D eigenvalue weighted by Gasteiger charge is -2.15. The van der Waals surface area contributed by atoms with Crippen molar-refractivity contribution in [1.82, 2.24) is 9.88 Å². The maximum Gasteiger partial charge on any atom is 0.251 e. The van der Waals surface area contributed by atoms with Gasteiger partial charge >= 0.3 is 0 Å². The molecule has 0 unspecified atom stereocenters. The van der Waals surface area contributed by atoms with Gasteiger partial charge in [-0.3, -0.25) is 9.59 Å². The van der Waals surface area contributed by atoms with Crippen LogP contribution < -0.4 is 5.56 Å². The average molecular weight is 270 g/mol. The third kappa shape index (κ3) is 2.46. The molecular weight excluding hydrogens is 252 g/mol. The minimum Gasteiger partial charge on any atom is -0.342 e. The van der Waals surface area contributed by atoms with Crippen LogP contribution in [0.1, 0.15) is 24.0 Å². The number of nitrogens with zero attached hydrogens (tertiary/aromatic N) is 1. The molecule has 1 amide bonds. The number of carbonyl (C=O) groups excluding carboxylic acids is 1. The molecule has 20 heavy (non-hydrogen) atoms. The second-order valence-electron chi connectivity index (χ2n) is 5.47. The van der Waals surface area contributed by atoms with E-state index in [0.29, 0.717) is 12.0 Å². The van der Waals surface area contributed by atoms with E-state index in [0.717, 1.165) is 42.4 Å². The van der Waals surface area contributed by atoms with Crippen LogP contribution in [-0.2, 0) is 11.2 Å². The van der Waals surface area contributed by atoms with E-state index in [-0.39, 0.29) is 11.5 Å². The molecule has 4 heteroatoms. The van der Waals surface area contributed by atoms with E-state index in [9.17, 15) is 9.59 Å². The molecule has 104 valence electrons. The normalized spacial score (nSPS) is 14.9. The molecule has 3 rings (SSSR count). The minimum atomic E-state index is -0.0570. The summed E-state index contributed by atoms with van der Waals surface area (Å²) in [5, 5.41) is 0.980. The summed E-state index contributed by atoms with van der Waals surface area (Å²) in [6.07, 6.45) is 2.67. The smallest absolute Gasteiger partial charge is 0.251 e. The first-order valence-corrected chi connectivity index (χ1v) is 7.04. The van der Waals surface area contributed by atoms with Gasteiger partial charge in [0.05, 0.1) is 6.42 Å². The van der Waals surface area contributed by atoms with Gasteiger partial charge in [-0.1, -0.05) is 6.07 Å². The number of benzene rings is 1. The van der Waals surface area contributed by atoms with Gasteiger partial charge in [-0.15, -0.1) is 0 Å². The van der Waals surface area contributed by atoms with Crippen molar-refractivity contribution in [3.05, 3.63) is 45.7 Å². The zero-order valence-corrected chi connectivity index (χ0v) is 11.6. The van der Waals surface area contributed by atoms with Crippen molar-refractivity contribution in [2.45, 2.75) is 26.2 Å². The monoisotopic (exact) mass is 270 g/mol. The first-order valence-electron chi connectivity index (χ1n) is 7.04. The molecule has 2 heterocycles. The number of amides is 1. The maximum atomic E-state index is 12.1. The zero-order chi connectivity index (χ0) is 14.1. The van der Waals surface area contributed by atoms with Crippen molar-refractivity contribution in [3.63, 3.8) is 0 Å². The number of aryl methyl sites for hydroxylation is 1. The Bertz CT molecular complexity index is 712. The summed E-state index contributed by atoms with van der Waals surface area (Å²) in [4.78, 5) is 28.5. The highest BCUT2D eigenvalue weighted by Crippen LogP contribution is 2.16. The first-order chi connectivity index (χ1) is 9.63. The molecule has 1 aliphatic rings. The molecule has 1 N–H and O–H groups in total. The number of rotatable bonds is 2. The highest BCUT2D eigenvalue weighted by molar-refractivity contribution is 5.83. The van der Waals surface area contributed by atoms with Crippen LogP contribution in [0.3, 0.4) is 0 Å². The maximum absolute atomic E-state index is 12.1. The van der Waals surface area contributed by atoms with Gasteiger partial charge in [0.1, 0.15) is 0 Å². The van der Waals surface area contributed by atoms with Crippen LogP contribution in [-0.4, -0.2) is 28.9 Å². The fraction of sp³-hybridized carbons (Fsp3) is 0.375. The molecule has 0 atom stereocenters. The number of aromatic amines is 1. The number of fused-ring (bicyclic) bond motifs is 1. The van der Waals surface area contributed by atoms with Crippen molar-refractivity contribution in [3.8, 4) is 0 Å². The van der Waals surface area contributed by atoms with Crippen LogP contribution >= 0.6 is 0 Å². The average Bonchev–Trinajstić information content (AvgIpc) is 2.94. The Morgan fingerprint density at radius 3 is 2.75 bits per heavy atom. The molecule has 4 nitrogen and oxygen atoms in total. The highest BCUT2D eigenvalue weighted by atomic mass is 16.2. The van der Waals surface area contributed by atoms with E-state index in [1.165, 1.54) is 0 Å². The molecule has 2 aromatic rings. The van der Waals surface area contributed by atoms with Crippen molar-refractivity contribution in [2.24, 2.45) is 0 Å². The van der Waals surface area contributed by atoms with Gasteiger partial charge in [0, 0.05) is 24.2 Å². The number of aromatic nitrogens is 1. The standard InChI is InChI=1S/C16H18N2O2/c1-11-8-13-9-12(4-5-14(13)17-16(11)20)10-15(19)18-6-2-3-7-18/h4-5,8-9H,2-3,6-7,10H2,1H3,(H,17,20). The van der Waals surface area contributed by atoms with Crippen LogP contribution in [0.2, 0.25) is 0 Å². The summed E-state index contributed by atoms with van der Waals surface area (Å²) in [5.41, 5.74) is 2.46. The van der Waals surface area contributed by atoms with E-state index in [1.807, 2.05) is 29.2 Å². The summed E-state index contributed by atoms with van der Waals surface area (Å²) in [5.74, 6) is 0.197. The molecule has 0 saturated carbocycles. The van der Waals surface area contributed by atoms with E-state index in [4.69, 9.17) is 0 Å². The van der Waals surface area contributed by atoms with E-state index in [1.54, 1.807) is 6.92 Å². The second-order valence-corrected chi connectivity index (χ2v) is 5.47. The van der Waals surface area contributed by atoms with Gasteiger partial charge in [0.15, 0.2) is 0 Å². The Morgan fingerprint density at radius 2 is 2.00 bits per heavy atom. The Labute approximate surface area is 117 Å². The van der Waals surface area contributed by atoms with Crippen molar-refractivity contribution < 1.29 is 4.79 Å². The summed E-state index contributed by atoms with van der Waals surface area (Å²) >= 11 is 0. The minimum absolute atomic E-state index is 0.0570. The summed E-state index contributed by atoms with van der Waals surface area (Å²) in [7, 11) is 0. The highest BCUT2D eigenvalue weighted by Gasteiger charge is 2.17. The SMILES string of the molecule is Cc1cc2cc(CC(=O)N3CCCC3)ccc2[nH]c1=O. The molecule has 1 saturated heterocycles. The lowest BCUT2D eigenvalue weighted by molar-refractivity contribution is -0.129. The third-order valence-corrected chi connectivity index (χ3v) is 3.91. The van der Waals surface area contributed by atoms with Gasteiger partial charge < -0.3 is 9.88 Å². The molecule has 1 aliphatic heterocycles. The van der Waals surface area contributed by atoms with Crippen molar-refractivity contribution in [1.29, 1.82) is 0 Å². The number of carbonyl (C=O) groups is 1. The van der Waals surface area contributed by atoms with Gasteiger partial charge in [-0.25, -0.2) is 0 Å². The van der Waals surface area contributed by atoms with Crippen molar-refractivity contribution in [2.75, 3.05) is 13.1 Å². The third-order valence-electron chi connectivity index (χ3n) is 3.91. The number of hydrogen-bond donors (Lipinski definition) is 1. The Hall–Kier alpha value is -2.10.